The lowest BCUT2D eigenvalue weighted by atomic mass is 10.1. The molecule has 6 heteroatoms. The third kappa shape index (κ3) is 3.92. The maximum Gasteiger partial charge on any atom is 0.264 e. The molecule has 0 heterocycles. The molecule has 0 aliphatic rings. The van der Waals surface area contributed by atoms with E-state index in [1.165, 1.54) is 35.6 Å². The van der Waals surface area contributed by atoms with Gasteiger partial charge in [0.05, 0.1) is 10.6 Å². The van der Waals surface area contributed by atoms with E-state index in [0.717, 1.165) is 16.8 Å². The maximum absolute atomic E-state index is 12.8. The van der Waals surface area contributed by atoms with Gasteiger partial charge in [0.15, 0.2) is 0 Å². The first-order chi connectivity index (χ1) is 13.3. The van der Waals surface area contributed by atoms with E-state index in [9.17, 15) is 13.2 Å². The first-order valence-electron chi connectivity index (χ1n) is 8.82. The Morgan fingerprint density at radius 2 is 1.50 bits per heavy atom. The molecule has 3 aromatic carbocycles. The van der Waals surface area contributed by atoms with Crippen LogP contribution in [0.4, 0.5) is 11.4 Å². The van der Waals surface area contributed by atoms with Crippen LogP contribution in [0.3, 0.4) is 0 Å². The van der Waals surface area contributed by atoms with Crippen LogP contribution < -0.4 is 9.62 Å². The van der Waals surface area contributed by atoms with E-state index in [2.05, 4.69) is 5.32 Å². The fourth-order valence-corrected chi connectivity index (χ4v) is 3.99. The Morgan fingerprint density at radius 1 is 0.857 bits per heavy atom. The number of nitrogens with one attached hydrogen (secondary N) is 1. The molecule has 3 rings (SSSR count). The number of sulfonamides is 1. The zero-order chi connectivity index (χ0) is 20.3. The smallest absolute Gasteiger partial charge is 0.264 e. The molecule has 1 amide bonds. The number of hydrogen-bond acceptors (Lipinski definition) is 3. The molecule has 0 radical (unpaired) electrons. The van der Waals surface area contributed by atoms with Gasteiger partial charge in [-0.25, -0.2) is 8.42 Å². The van der Waals surface area contributed by atoms with Gasteiger partial charge in [0.1, 0.15) is 0 Å². The summed E-state index contributed by atoms with van der Waals surface area (Å²) in [5, 5.41) is 2.88. The number of anilines is 2. The number of carbonyl (C=O) groups excluding carboxylic acids is 1. The fourth-order valence-electron chi connectivity index (χ4n) is 2.79. The Kier molecular flexibility index (Phi) is 5.51. The van der Waals surface area contributed by atoms with Gasteiger partial charge in [-0.2, -0.15) is 0 Å². The zero-order valence-electron chi connectivity index (χ0n) is 16.0. The van der Waals surface area contributed by atoms with Gasteiger partial charge >= 0.3 is 0 Å². The summed E-state index contributed by atoms with van der Waals surface area (Å²) in [6.45, 7) is 3.92. The molecule has 3 aromatic rings. The van der Waals surface area contributed by atoms with Gasteiger partial charge in [0, 0.05) is 18.3 Å². The van der Waals surface area contributed by atoms with Crippen LogP contribution in [-0.4, -0.2) is 21.4 Å². The second-order valence-corrected chi connectivity index (χ2v) is 8.50. The van der Waals surface area contributed by atoms with Gasteiger partial charge in [-0.1, -0.05) is 30.3 Å². The van der Waals surface area contributed by atoms with Crippen LogP contribution in [0.15, 0.2) is 77.7 Å². The molecule has 0 fully saturated rings. The first-order valence-corrected chi connectivity index (χ1v) is 10.3. The molecule has 0 saturated carbocycles. The molecule has 0 aromatic heterocycles. The van der Waals surface area contributed by atoms with Crippen molar-refractivity contribution in [1.29, 1.82) is 0 Å². The van der Waals surface area contributed by atoms with Gasteiger partial charge < -0.3 is 5.32 Å². The largest absolute Gasteiger partial charge is 0.322 e. The minimum atomic E-state index is -3.70. The summed E-state index contributed by atoms with van der Waals surface area (Å²) in [4.78, 5) is 12.6. The summed E-state index contributed by atoms with van der Waals surface area (Å²) >= 11 is 0. The quantitative estimate of drug-likeness (QED) is 0.698. The Hall–Kier alpha value is -3.12. The van der Waals surface area contributed by atoms with E-state index in [0.29, 0.717) is 11.3 Å². The summed E-state index contributed by atoms with van der Waals surface area (Å²) in [6, 6.07) is 20.5. The van der Waals surface area contributed by atoms with Crippen molar-refractivity contribution in [1.82, 2.24) is 0 Å². The Morgan fingerprint density at radius 3 is 2.14 bits per heavy atom. The SMILES string of the molecule is Cc1cccc(NC(=O)c2ccc(S(=O)(=O)N(C)c3ccccc3)cc2)c1C. The second-order valence-electron chi connectivity index (χ2n) is 6.53. The van der Waals surface area contributed by atoms with Crippen LogP contribution in [0.25, 0.3) is 0 Å². The summed E-state index contributed by atoms with van der Waals surface area (Å²) in [6.07, 6.45) is 0. The topological polar surface area (TPSA) is 66.5 Å². The molecule has 0 aliphatic heterocycles. The predicted octanol–water partition coefficient (Wildman–Crippen LogP) is 4.38. The molecule has 0 spiro atoms. The number of hydrogen-bond donors (Lipinski definition) is 1. The lowest BCUT2D eigenvalue weighted by Gasteiger charge is -2.19. The van der Waals surface area contributed by atoms with E-state index in [-0.39, 0.29) is 10.8 Å². The molecule has 0 saturated heterocycles. The molecular weight excluding hydrogens is 372 g/mol. The van der Waals surface area contributed by atoms with Crippen molar-refractivity contribution in [3.05, 3.63) is 89.5 Å². The predicted molar refractivity (Wildman–Crippen MR) is 112 cm³/mol. The zero-order valence-corrected chi connectivity index (χ0v) is 16.8. The van der Waals surface area contributed by atoms with Gasteiger partial charge in [-0.05, 0) is 67.4 Å². The lowest BCUT2D eigenvalue weighted by Crippen LogP contribution is -2.26. The highest BCUT2D eigenvalue weighted by atomic mass is 32.2. The number of rotatable bonds is 5. The number of benzene rings is 3. The monoisotopic (exact) mass is 394 g/mol. The highest BCUT2D eigenvalue weighted by Gasteiger charge is 2.21. The minimum Gasteiger partial charge on any atom is -0.322 e. The van der Waals surface area contributed by atoms with Gasteiger partial charge in [0.2, 0.25) is 0 Å². The average Bonchev–Trinajstić information content (AvgIpc) is 2.71. The number of carbonyl (C=O) groups is 1. The Labute approximate surface area is 165 Å². The molecule has 0 atom stereocenters. The molecule has 1 N–H and O–H groups in total. The number of aryl methyl sites for hydroxylation is 1. The van der Waals surface area contributed by atoms with Crippen molar-refractivity contribution >= 4 is 27.3 Å². The van der Waals surface area contributed by atoms with Crippen molar-refractivity contribution in [2.75, 3.05) is 16.7 Å². The van der Waals surface area contributed by atoms with E-state index < -0.39 is 10.0 Å². The first kappa shape index (κ1) is 19.6. The van der Waals surface area contributed by atoms with E-state index in [1.807, 2.05) is 38.1 Å². The summed E-state index contributed by atoms with van der Waals surface area (Å²) in [5.74, 6) is -0.283. The average molecular weight is 394 g/mol. The van der Waals surface area contributed by atoms with Crippen molar-refractivity contribution in [3.63, 3.8) is 0 Å². The molecule has 0 unspecified atom stereocenters. The molecule has 144 valence electrons. The number of para-hydroxylation sites is 1. The Bertz CT molecular complexity index is 1090. The molecule has 0 aliphatic carbocycles. The van der Waals surface area contributed by atoms with Crippen molar-refractivity contribution in [2.24, 2.45) is 0 Å². The van der Waals surface area contributed by atoms with Crippen molar-refractivity contribution < 1.29 is 13.2 Å². The molecule has 5 nitrogen and oxygen atoms in total. The van der Waals surface area contributed by atoms with E-state index >= 15 is 0 Å². The van der Waals surface area contributed by atoms with Crippen LogP contribution in [0.5, 0.6) is 0 Å². The van der Waals surface area contributed by atoms with Crippen LogP contribution in [0, 0.1) is 13.8 Å². The van der Waals surface area contributed by atoms with Crippen LogP contribution >= 0.6 is 0 Å². The third-order valence-electron chi connectivity index (χ3n) is 4.75. The van der Waals surface area contributed by atoms with Crippen molar-refractivity contribution in [3.8, 4) is 0 Å². The van der Waals surface area contributed by atoms with Gasteiger partial charge in [-0.15, -0.1) is 0 Å². The van der Waals surface area contributed by atoms with Gasteiger partial charge in [-0.3, -0.25) is 9.10 Å². The summed E-state index contributed by atoms with van der Waals surface area (Å²) in [5.41, 5.74) is 3.79. The number of nitrogens with zero attached hydrogens (tertiary/aromatic N) is 1. The molecule has 0 bridgehead atoms. The lowest BCUT2D eigenvalue weighted by molar-refractivity contribution is 0.102. The van der Waals surface area contributed by atoms with Crippen molar-refractivity contribution in [2.45, 2.75) is 18.7 Å². The normalized spacial score (nSPS) is 11.1. The highest BCUT2D eigenvalue weighted by Crippen LogP contribution is 2.23. The summed E-state index contributed by atoms with van der Waals surface area (Å²) in [7, 11) is -2.20. The Balaban J connectivity index is 1.81. The van der Waals surface area contributed by atoms with Crippen LogP contribution in [-0.2, 0) is 10.0 Å². The summed E-state index contributed by atoms with van der Waals surface area (Å²) < 4.78 is 26.8. The molecular formula is C22H22N2O3S. The van der Waals surface area contributed by atoms with Gasteiger partial charge in [0.25, 0.3) is 15.9 Å². The second kappa shape index (κ2) is 7.86. The van der Waals surface area contributed by atoms with E-state index in [4.69, 9.17) is 0 Å². The van der Waals surface area contributed by atoms with E-state index in [1.54, 1.807) is 24.3 Å². The third-order valence-corrected chi connectivity index (χ3v) is 6.55. The number of amides is 1. The van der Waals surface area contributed by atoms with Crippen LogP contribution in [0.1, 0.15) is 21.5 Å². The highest BCUT2D eigenvalue weighted by molar-refractivity contribution is 7.92. The minimum absolute atomic E-state index is 0.127. The molecule has 28 heavy (non-hydrogen) atoms. The standard InChI is InChI=1S/C22H22N2O3S/c1-16-8-7-11-21(17(16)2)23-22(25)18-12-14-20(15-13-18)28(26,27)24(3)19-9-5-4-6-10-19/h4-15H,1-3H3,(H,23,25). The fraction of sp³-hybridized carbons (Fsp3) is 0.136. The van der Waals surface area contributed by atoms with Crippen LogP contribution in [0.2, 0.25) is 0 Å². The maximum atomic E-state index is 12.8.